The van der Waals surface area contributed by atoms with Gasteiger partial charge in [0.1, 0.15) is 0 Å². The van der Waals surface area contributed by atoms with E-state index in [-0.39, 0.29) is 0 Å². The lowest BCUT2D eigenvalue weighted by Gasteiger charge is -2.32. The Labute approximate surface area is 397 Å². The quantitative estimate of drug-likeness (QED) is 0.0342. The van der Waals surface area contributed by atoms with Gasteiger partial charge >= 0.3 is 0 Å². The molecule has 2 aliphatic rings. The van der Waals surface area contributed by atoms with Crippen LogP contribution in [0, 0.1) is 11.8 Å². The maximum Gasteiger partial charge on any atom is 0.0165 e. The van der Waals surface area contributed by atoms with Gasteiger partial charge in [-0.25, -0.2) is 0 Å². The van der Waals surface area contributed by atoms with Crippen molar-refractivity contribution in [3.63, 3.8) is 0 Å². The average Bonchev–Trinajstić information content (AvgIpc) is 3.28. The Morgan fingerprint density at radius 1 is 0.419 bits per heavy atom. The fourth-order valence-corrected chi connectivity index (χ4v) is 11.4. The highest BCUT2D eigenvalue weighted by atomic mass is 33.1. The number of unbranched alkanes of at least 4 members (excludes halogenated alkanes) is 16. The topological polar surface area (TPSA) is 6.48 Å². The Morgan fingerprint density at radius 2 is 0.742 bits per heavy atom. The Bertz CT molecular complexity index is 1030. The molecule has 2 fully saturated rings. The number of hydrogen-bond donors (Lipinski definition) is 0. The first-order chi connectivity index (χ1) is 30.6. The van der Waals surface area contributed by atoms with Crippen molar-refractivity contribution in [2.75, 3.05) is 50.8 Å². The highest BCUT2D eigenvalue weighted by molar-refractivity contribution is 8.76. The molecule has 62 heavy (non-hydrogen) atoms. The molecular formula is C58H104N2S2. The van der Waals surface area contributed by atoms with Crippen LogP contribution in [0.1, 0.15) is 232 Å². The highest BCUT2D eigenvalue weighted by Gasteiger charge is 2.20. The van der Waals surface area contributed by atoms with Gasteiger partial charge in [-0.3, -0.25) is 0 Å². The largest absolute Gasteiger partial charge is 0.302 e. The Kier molecular flexibility index (Phi) is 40.5. The molecule has 0 aromatic heterocycles. The lowest BCUT2D eigenvalue weighted by atomic mass is 9.90. The molecule has 0 unspecified atom stereocenters. The summed E-state index contributed by atoms with van der Waals surface area (Å²) in [6, 6.07) is 0. The molecule has 0 spiro atoms. The smallest absolute Gasteiger partial charge is 0.0165 e. The number of rotatable bonds is 43. The van der Waals surface area contributed by atoms with Gasteiger partial charge in [-0.2, -0.15) is 0 Å². The Balaban J connectivity index is 1.30. The molecular weight excluding hydrogens is 789 g/mol. The van der Waals surface area contributed by atoms with Gasteiger partial charge in [0.15, 0.2) is 0 Å². The molecule has 4 heteroatoms. The van der Waals surface area contributed by atoms with Crippen molar-refractivity contribution in [1.29, 1.82) is 0 Å². The zero-order valence-corrected chi connectivity index (χ0v) is 43.2. The summed E-state index contributed by atoms with van der Waals surface area (Å²) < 4.78 is 0. The summed E-state index contributed by atoms with van der Waals surface area (Å²) in [5.74, 6) is 4.47. The number of piperidine rings is 2. The second-order valence-electron chi connectivity index (χ2n) is 19.5. The average molecular weight is 894 g/mol. The van der Waals surface area contributed by atoms with Gasteiger partial charge < -0.3 is 9.80 Å². The lowest BCUT2D eigenvalue weighted by Crippen LogP contribution is -2.35. The van der Waals surface area contributed by atoms with Crippen molar-refractivity contribution < 1.29 is 0 Å². The van der Waals surface area contributed by atoms with Crippen LogP contribution in [0.5, 0.6) is 0 Å². The second kappa shape index (κ2) is 43.9. The van der Waals surface area contributed by atoms with Crippen LogP contribution in [0.4, 0.5) is 0 Å². The van der Waals surface area contributed by atoms with Gasteiger partial charge in [0.25, 0.3) is 0 Å². The van der Waals surface area contributed by atoms with Crippen LogP contribution >= 0.6 is 21.6 Å². The number of hydrogen-bond acceptors (Lipinski definition) is 4. The maximum absolute atomic E-state index is 4.44. The van der Waals surface area contributed by atoms with Gasteiger partial charge in [-0.05, 0) is 179 Å². The van der Waals surface area contributed by atoms with Crippen LogP contribution in [-0.2, 0) is 0 Å². The predicted octanol–water partition coefficient (Wildman–Crippen LogP) is 18.9. The molecule has 0 aromatic carbocycles. The summed E-state index contributed by atoms with van der Waals surface area (Å²) in [6.45, 7) is 21.3. The van der Waals surface area contributed by atoms with Crippen molar-refractivity contribution in [2.24, 2.45) is 11.8 Å². The van der Waals surface area contributed by atoms with E-state index >= 15 is 0 Å². The summed E-state index contributed by atoms with van der Waals surface area (Å²) in [5.41, 5.74) is 3.02. The molecule has 0 atom stereocenters. The van der Waals surface area contributed by atoms with Gasteiger partial charge in [0.05, 0.1) is 0 Å². The zero-order chi connectivity index (χ0) is 44.2. The fraction of sp³-hybridized carbons (Fsp3) is 0.793. The minimum absolute atomic E-state index is 0.950. The van der Waals surface area contributed by atoms with Crippen molar-refractivity contribution in [1.82, 2.24) is 9.80 Å². The van der Waals surface area contributed by atoms with Crippen LogP contribution in [0.25, 0.3) is 0 Å². The molecule has 0 saturated carbocycles. The van der Waals surface area contributed by atoms with E-state index in [2.05, 4.69) is 107 Å². The van der Waals surface area contributed by atoms with Crippen molar-refractivity contribution in [3.8, 4) is 0 Å². The molecule has 0 bridgehead atoms. The minimum atomic E-state index is 0.950. The number of likely N-dealkylation sites (tertiary alicyclic amines) is 2. The molecule has 0 N–H and O–H groups in total. The van der Waals surface area contributed by atoms with Gasteiger partial charge in [0, 0.05) is 24.6 Å². The maximum atomic E-state index is 4.44. The third-order valence-electron chi connectivity index (χ3n) is 13.7. The summed E-state index contributed by atoms with van der Waals surface area (Å²) in [5, 5.41) is 0. The molecule has 2 rings (SSSR count). The molecule has 0 radical (unpaired) electrons. The first-order valence-corrected chi connectivity index (χ1v) is 29.7. The minimum Gasteiger partial charge on any atom is -0.302 e. The van der Waals surface area contributed by atoms with Crippen LogP contribution in [0.3, 0.4) is 0 Å². The van der Waals surface area contributed by atoms with Crippen molar-refractivity contribution >= 4 is 21.6 Å². The SMILES string of the molecule is C=C(CCCCCCC/C=C\C/C=C\CCCCC)CCCC1CCN(CCSSCCN2CCC(CCCC(=C)CCCCCCC/C=C\C/C=C\CCCCC)CC2)CC1. The van der Waals surface area contributed by atoms with Crippen LogP contribution in [0.15, 0.2) is 72.9 Å². The number of allylic oxidation sites excluding steroid dienone is 10. The van der Waals surface area contributed by atoms with Crippen LogP contribution in [0.2, 0.25) is 0 Å². The van der Waals surface area contributed by atoms with Crippen molar-refractivity contribution in [3.05, 3.63) is 72.9 Å². The predicted molar refractivity (Wildman–Crippen MR) is 288 cm³/mol. The normalized spacial score (nSPS) is 16.4. The summed E-state index contributed by atoms with van der Waals surface area (Å²) in [7, 11) is 4.25. The van der Waals surface area contributed by atoms with Crippen LogP contribution in [-0.4, -0.2) is 60.6 Å². The molecule has 358 valence electrons. The van der Waals surface area contributed by atoms with E-state index in [1.165, 1.54) is 267 Å². The summed E-state index contributed by atoms with van der Waals surface area (Å²) in [6.07, 6.45) is 64.2. The summed E-state index contributed by atoms with van der Waals surface area (Å²) in [4.78, 5) is 5.48. The number of nitrogens with zero attached hydrogens (tertiary/aromatic N) is 2. The van der Waals surface area contributed by atoms with E-state index in [1.807, 2.05) is 0 Å². The molecule has 2 nitrogen and oxygen atoms in total. The molecule has 2 aliphatic heterocycles. The van der Waals surface area contributed by atoms with Gasteiger partial charge in [0.2, 0.25) is 0 Å². The Hall–Kier alpha value is -0.940. The molecule has 0 amide bonds. The lowest BCUT2D eigenvalue weighted by molar-refractivity contribution is 0.186. The first kappa shape index (κ1) is 57.2. The van der Waals surface area contributed by atoms with Crippen molar-refractivity contribution in [2.45, 2.75) is 232 Å². The Morgan fingerprint density at radius 3 is 1.11 bits per heavy atom. The van der Waals surface area contributed by atoms with E-state index in [9.17, 15) is 0 Å². The third kappa shape index (κ3) is 36.3. The zero-order valence-electron chi connectivity index (χ0n) is 41.6. The molecule has 2 saturated heterocycles. The van der Waals surface area contributed by atoms with E-state index in [0.29, 0.717) is 0 Å². The molecule has 0 aromatic rings. The van der Waals surface area contributed by atoms with E-state index < -0.39 is 0 Å². The molecule has 0 aliphatic carbocycles. The molecule has 2 heterocycles. The van der Waals surface area contributed by atoms with E-state index in [1.54, 1.807) is 0 Å². The van der Waals surface area contributed by atoms with E-state index in [0.717, 1.165) is 24.7 Å². The summed E-state index contributed by atoms with van der Waals surface area (Å²) >= 11 is 0. The second-order valence-corrected chi connectivity index (χ2v) is 22.2. The van der Waals surface area contributed by atoms with Crippen LogP contribution < -0.4 is 0 Å². The third-order valence-corrected chi connectivity index (χ3v) is 16.1. The standard InChI is InChI=1S/C58H104N2S2/c1-5-7-9-11-13-15-17-19-21-23-25-27-29-31-33-37-55(3)39-35-41-57-43-47-59(48-44-57)51-53-61-62-54-52-60-49-45-58(46-50-60)42-36-40-56(4)38-34-32-30-28-26-24-22-20-18-16-14-12-10-8-6-2/h13-16,19-22,57-58H,3-12,17-18,23-54H2,1-2H3/b15-13-,16-14-,21-19-,22-20-. The van der Waals surface area contributed by atoms with E-state index in [4.69, 9.17) is 0 Å². The van der Waals surface area contributed by atoms with Gasteiger partial charge in [-0.15, -0.1) is 0 Å². The first-order valence-electron chi connectivity index (χ1n) is 27.2. The fourth-order valence-electron chi connectivity index (χ4n) is 9.35. The van der Waals surface area contributed by atoms with Gasteiger partial charge in [-0.1, -0.05) is 185 Å². The highest BCUT2D eigenvalue weighted by Crippen LogP contribution is 2.28. The monoisotopic (exact) mass is 893 g/mol.